The molecule has 0 aliphatic carbocycles. The summed E-state index contributed by atoms with van der Waals surface area (Å²) >= 11 is 0. The van der Waals surface area contributed by atoms with E-state index >= 15 is 0 Å². The summed E-state index contributed by atoms with van der Waals surface area (Å²) in [7, 11) is 0. The fourth-order valence-corrected chi connectivity index (χ4v) is 0.665. The van der Waals surface area contributed by atoms with Gasteiger partial charge in [0.1, 0.15) is 0 Å². The SMILES string of the molecule is [N-]=[N+2]Cc1ccccc1. The van der Waals surface area contributed by atoms with E-state index in [9.17, 15) is 0 Å². The van der Waals surface area contributed by atoms with Crippen LogP contribution in [0, 0.1) is 0 Å². The Morgan fingerprint density at radius 1 is 1.22 bits per heavy atom. The summed E-state index contributed by atoms with van der Waals surface area (Å²) in [5.41, 5.74) is 9.17. The summed E-state index contributed by atoms with van der Waals surface area (Å²) in [5, 5.41) is 3.01. The minimum Gasteiger partial charge on any atom is -0.0955 e. The zero-order chi connectivity index (χ0) is 6.53. The minimum atomic E-state index is 0.390. The van der Waals surface area contributed by atoms with Gasteiger partial charge >= 0.3 is 6.54 Å². The zero-order valence-corrected chi connectivity index (χ0v) is 4.99. The molecule has 0 spiro atoms. The summed E-state index contributed by atoms with van der Waals surface area (Å²) in [5.74, 6) is 0. The van der Waals surface area contributed by atoms with Gasteiger partial charge in [-0.05, 0) is 12.1 Å². The van der Waals surface area contributed by atoms with E-state index in [1.807, 2.05) is 30.3 Å². The van der Waals surface area contributed by atoms with Gasteiger partial charge in [-0.25, -0.2) is 0 Å². The van der Waals surface area contributed by atoms with Crippen LogP contribution in [0.1, 0.15) is 5.56 Å². The fraction of sp³-hybridized carbons (Fsp3) is 0.143. The summed E-state index contributed by atoms with van der Waals surface area (Å²) < 4.78 is 0. The molecule has 0 aliphatic heterocycles. The molecule has 44 valence electrons. The molecule has 0 bridgehead atoms. The van der Waals surface area contributed by atoms with Gasteiger partial charge in [-0.1, -0.05) is 23.7 Å². The molecule has 0 amide bonds. The monoisotopic (exact) mass is 119 g/mol. The lowest BCUT2D eigenvalue weighted by molar-refractivity contribution is 0.946. The summed E-state index contributed by atoms with van der Waals surface area (Å²) in [6, 6.07) is 9.60. The van der Waals surface area contributed by atoms with Gasteiger partial charge in [0.15, 0.2) is 5.11 Å². The largest absolute Gasteiger partial charge is 0.433 e. The Hall–Kier alpha value is -1.27. The van der Waals surface area contributed by atoms with Gasteiger partial charge in [0.05, 0.1) is 5.56 Å². The lowest BCUT2D eigenvalue weighted by Crippen LogP contribution is -1.85. The maximum absolute atomic E-state index is 8.14. The first-order chi connectivity index (χ1) is 4.43. The van der Waals surface area contributed by atoms with Crippen molar-refractivity contribution in [2.45, 2.75) is 6.54 Å². The van der Waals surface area contributed by atoms with Crippen LogP contribution < -0.4 is 5.11 Å². The van der Waals surface area contributed by atoms with Crippen LogP contribution in [-0.2, 0) is 6.54 Å². The van der Waals surface area contributed by atoms with Crippen molar-refractivity contribution in [3.05, 3.63) is 41.4 Å². The Morgan fingerprint density at radius 3 is 2.44 bits per heavy atom. The second kappa shape index (κ2) is 2.90. The molecule has 0 saturated heterocycles. The van der Waals surface area contributed by atoms with Gasteiger partial charge in [-0.2, -0.15) is 0 Å². The maximum Gasteiger partial charge on any atom is 0.433 e. The van der Waals surface area contributed by atoms with Crippen molar-refractivity contribution in [1.82, 2.24) is 5.11 Å². The van der Waals surface area contributed by atoms with Crippen LogP contribution in [0.3, 0.4) is 0 Å². The molecule has 1 aromatic carbocycles. The van der Waals surface area contributed by atoms with Crippen molar-refractivity contribution in [3.63, 3.8) is 0 Å². The lowest BCUT2D eigenvalue weighted by atomic mass is 10.2. The van der Waals surface area contributed by atoms with E-state index in [-0.39, 0.29) is 0 Å². The first kappa shape index (κ1) is 5.86. The van der Waals surface area contributed by atoms with Crippen molar-refractivity contribution in [3.8, 4) is 0 Å². The van der Waals surface area contributed by atoms with E-state index in [1.54, 1.807) is 0 Å². The Balaban J connectivity index is 2.72. The molecule has 9 heavy (non-hydrogen) atoms. The first-order valence-electron chi connectivity index (χ1n) is 2.78. The average molecular weight is 119 g/mol. The molecular weight excluding hydrogens is 112 g/mol. The number of benzene rings is 1. The van der Waals surface area contributed by atoms with Crippen molar-refractivity contribution in [1.29, 1.82) is 0 Å². The Bertz CT molecular complexity index is 181. The van der Waals surface area contributed by atoms with Crippen LogP contribution in [0.25, 0.3) is 5.53 Å². The normalized spacial score (nSPS) is 8.44. The Morgan fingerprint density at radius 2 is 1.89 bits per heavy atom. The van der Waals surface area contributed by atoms with Crippen LogP contribution in [0.4, 0.5) is 0 Å². The summed E-state index contributed by atoms with van der Waals surface area (Å²) in [6.07, 6.45) is 0. The van der Waals surface area contributed by atoms with Crippen molar-refractivity contribution >= 4 is 0 Å². The third kappa shape index (κ3) is 1.59. The van der Waals surface area contributed by atoms with Gasteiger partial charge in [-0.3, -0.25) is 0 Å². The molecular formula is C7H7N2+. The Kier molecular flexibility index (Phi) is 1.89. The zero-order valence-electron chi connectivity index (χ0n) is 4.99. The van der Waals surface area contributed by atoms with Crippen molar-refractivity contribution in [2.75, 3.05) is 0 Å². The number of hydrogen-bond donors (Lipinski definition) is 0. The quantitative estimate of drug-likeness (QED) is 0.529. The highest BCUT2D eigenvalue weighted by Gasteiger charge is 2.00. The van der Waals surface area contributed by atoms with Gasteiger partial charge in [0.25, 0.3) is 0 Å². The van der Waals surface area contributed by atoms with E-state index in [0.29, 0.717) is 6.54 Å². The maximum atomic E-state index is 8.14. The number of hydrogen-bond acceptors (Lipinski definition) is 1. The second-order valence-electron chi connectivity index (χ2n) is 1.79. The summed E-state index contributed by atoms with van der Waals surface area (Å²) in [6.45, 7) is 0.390. The highest BCUT2D eigenvalue weighted by Crippen LogP contribution is 1.95. The molecule has 0 aliphatic rings. The minimum absolute atomic E-state index is 0.390. The van der Waals surface area contributed by atoms with E-state index in [2.05, 4.69) is 5.11 Å². The average Bonchev–Trinajstić information content (AvgIpc) is 1.91. The molecule has 0 aromatic heterocycles. The van der Waals surface area contributed by atoms with Gasteiger partial charge < -0.3 is 0 Å². The molecule has 1 aromatic rings. The van der Waals surface area contributed by atoms with Crippen LogP contribution >= 0.6 is 0 Å². The van der Waals surface area contributed by atoms with Crippen LogP contribution in [-0.4, -0.2) is 0 Å². The third-order valence-electron chi connectivity index (χ3n) is 1.10. The van der Waals surface area contributed by atoms with Crippen molar-refractivity contribution < 1.29 is 0 Å². The van der Waals surface area contributed by atoms with E-state index in [0.717, 1.165) is 5.56 Å². The summed E-state index contributed by atoms with van der Waals surface area (Å²) in [4.78, 5) is 0. The topological polar surface area (TPSA) is 36.4 Å². The second-order valence-corrected chi connectivity index (χ2v) is 1.79. The van der Waals surface area contributed by atoms with Crippen molar-refractivity contribution in [2.24, 2.45) is 0 Å². The molecule has 2 nitrogen and oxygen atoms in total. The van der Waals surface area contributed by atoms with Gasteiger partial charge in [-0.15, -0.1) is 0 Å². The molecule has 0 unspecified atom stereocenters. The van der Waals surface area contributed by atoms with Crippen LogP contribution in [0.2, 0.25) is 0 Å². The molecule has 2 heteroatoms. The predicted octanol–water partition coefficient (Wildman–Crippen LogP) is 1.54. The number of rotatable bonds is 2. The lowest BCUT2D eigenvalue weighted by Gasteiger charge is -1.79. The molecule has 0 saturated carbocycles. The molecule has 0 heterocycles. The van der Waals surface area contributed by atoms with Crippen LogP contribution in [0.15, 0.2) is 30.3 Å². The Labute approximate surface area is 54.0 Å². The standard InChI is InChI=1S/C7H7N2/c8-9-6-7-4-2-1-3-5-7/h1-5H,6H2/q+1. The molecule has 1 rings (SSSR count). The third-order valence-corrected chi connectivity index (χ3v) is 1.10. The molecule has 0 atom stereocenters. The van der Waals surface area contributed by atoms with E-state index in [1.165, 1.54) is 0 Å². The fourth-order valence-electron chi connectivity index (χ4n) is 0.665. The molecule has 0 fully saturated rings. The van der Waals surface area contributed by atoms with E-state index in [4.69, 9.17) is 5.53 Å². The smallest absolute Gasteiger partial charge is 0.0955 e. The highest BCUT2D eigenvalue weighted by molar-refractivity contribution is 5.13. The highest BCUT2D eigenvalue weighted by atomic mass is 14.9. The van der Waals surface area contributed by atoms with Gasteiger partial charge in [0, 0.05) is 0 Å². The first-order valence-corrected chi connectivity index (χ1v) is 2.78. The molecule has 0 radical (unpaired) electrons. The van der Waals surface area contributed by atoms with E-state index < -0.39 is 0 Å². The van der Waals surface area contributed by atoms with Crippen LogP contribution in [0.5, 0.6) is 0 Å². The number of nitrogens with zero attached hydrogens (tertiary/aromatic N) is 2. The predicted molar refractivity (Wildman–Crippen MR) is 35.6 cm³/mol. The van der Waals surface area contributed by atoms with Gasteiger partial charge in [0.2, 0.25) is 0 Å². The molecule has 0 N–H and O–H groups in total.